The van der Waals surface area contributed by atoms with Gasteiger partial charge < -0.3 is 4.74 Å². The van der Waals surface area contributed by atoms with Crippen LogP contribution in [0.4, 0.5) is 0 Å². The first-order chi connectivity index (χ1) is 6.74. The SMILES string of the molecule is [CH2-]SSc1ccccc1COC(C)=O.[V]. The number of ether oxygens (including phenoxy) is 1. The van der Waals surface area contributed by atoms with Gasteiger partial charge in [-0.05, 0) is 6.07 Å². The zero-order chi connectivity index (χ0) is 10.4. The van der Waals surface area contributed by atoms with Gasteiger partial charge in [0.2, 0.25) is 0 Å². The Morgan fingerprint density at radius 3 is 2.73 bits per heavy atom. The summed E-state index contributed by atoms with van der Waals surface area (Å²) in [6.45, 7) is 1.74. The largest absolute Gasteiger partial charge is 0.461 e. The third-order valence-corrected chi connectivity index (χ3v) is 3.14. The van der Waals surface area contributed by atoms with Gasteiger partial charge in [0.25, 0.3) is 0 Å². The molecule has 0 saturated carbocycles. The average Bonchev–Trinajstić information content (AvgIpc) is 2.17. The van der Waals surface area contributed by atoms with Crippen LogP contribution in [0.15, 0.2) is 29.2 Å². The van der Waals surface area contributed by atoms with Crippen LogP contribution in [0, 0.1) is 6.26 Å². The Hall–Kier alpha value is -0.0256. The molecular formula is C10H11O2S2V-. The normalized spacial score (nSPS) is 9.20. The molecule has 5 heteroatoms. The van der Waals surface area contributed by atoms with Crippen molar-refractivity contribution in [2.75, 3.05) is 0 Å². The zero-order valence-corrected chi connectivity index (χ0v) is 11.3. The molecule has 0 saturated heterocycles. The molecule has 81 valence electrons. The number of carbonyl (C=O) groups is 1. The van der Waals surface area contributed by atoms with E-state index >= 15 is 0 Å². The summed E-state index contributed by atoms with van der Waals surface area (Å²) in [5.74, 6) is -0.257. The molecule has 0 heterocycles. The van der Waals surface area contributed by atoms with E-state index in [1.54, 1.807) is 10.8 Å². The Labute approximate surface area is 110 Å². The van der Waals surface area contributed by atoms with Crippen LogP contribution in [0.3, 0.4) is 0 Å². The maximum atomic E-state index is 10.6. The molecule has 2 nitrogen and oxygen atoms in total. The summed E-state index contributed by atoms with van der Waals surface area (Å²) in [6.07, 6.45) is 3.69. The maximum absolute atomic E-state index is 10.6. The second kappa shape index (κ2) is 8.16. The first-order valence-corrected chi connectivity index (χ1v) is 6.36. The molecule has 0 spiro atoms. The van der Waals surface area contributed by atoms with E-state index in [1.807, 2.05) is 24.3 Å². The molecule has 0 unspecified atom stereocenters. The molecule has 0 N–H and O–H groups in total. The van der Waals surface area contributed by atoms with Gasteiger partial charge >= 0.3 is 5.97 Å². The fraction of sp³-hybridized carbons (Fsp3) is 0.200. The molecule has 0 aliphatic carbocycles. The summed E-state index contributed by atoms with van der Waals surface area (Å²) in [5, 5.41) is 0. The number of esters is 1. The molecule has 1 radical (unpaired) electrons. The maximum Gasteiger partial charge on any atom is 0.302 e. The number of hydrogen-bond donors (Lipinski definition) is 0. The van der Waals surface area contributed by atoms with Crippen molar-refractivity contribution in [1.82, 2.24) is 0 Å². The molecule has 0 aromatic heterocycles. The van der Waals surface area contributed by atoms with Crippen molar-refractivity contribution in [2.45, 2.75) is 18.4 Å². The third-order valence-electron chi connectivity index (χ3n) is 1.55. The van der Waals surface area contributed by atoms with E-state index in [0.29, 0.717) is 6.61 Å². The Morgan fingerprint density at radius 2 is 2.13 bits per heavy atom. The summed E-state index contributed by atoms with van der Waals surface area (Å²) < 4.78 is 4.93. The van der Waals surface area contributed by atoms with Crippen LogP contribution >= 0.6 is 21.6 Å². The summed E-state index contributed by atoms with van der Waals surface area (Å²) in [7, 11) is 3.00. The molecule has 0 fully saturated rings. The minimum absolute atomic E-state index is 0. The van der Waals surface area contributed by atoms with Crippen molar-refractivity contribution in [3.05, 3.63) is 36.1 Å². The van der Waals surface area contributed by atoms with E-state index in [1.165, 1.54) is 17.7 Å². The van der Waals surface area contributed by atoms with Crippen LogP contribution < -0.4 is 0 Å². The molecule has 1 aromatic rings. The van der Waals surface area contributed by atoms with Gasteiger partial charge in [0.1, 0.15) is 6.61 Å². The Morgan fingerprint density at radius 1 is 1.47 bits per heavy atom. The van der Waals surface area contributed by atoms with Crippen molar-refractivity contribution >= 4 is 27.6 Å². The Balaban J connectivity index is 0.00000196. The van der Waals surface area contributed by atoms with Gasteiger partial charge in [-0.2, -0.15) is 0 Å². The molecule has 15 heavy (non-hydrogen) atoms. The van der Waals surface area contributed by atoms with E-state index in [-0.39, 0.29) is 24.5 Å². The molecule has 0 aliphatic heterocycles. The molecule has 0 amide bonds. The van der Waals surface area contributed by atoms with E-state index in [9.17, 15) is 4.79 Å². The van der Waals surface area contributed by atoms with E-state index < -0.39 is 0 Å². The standard InChI is InChI=1S/C10H11O2S2.V/c1-8(11)12-7-9-5-3-4-6-10(9)14-13-2;/h3-6H,2,7H2,1H3;/q-1;. The van der Waals surface area contributed by atoms with Crippen LogP contribution in [0.25, 0.3) is 0 Å². The van der Waals surface area contributed by atoms with Crippen LogP contribution in [0.2, 0.25) is 0 Å². The molecule has 0 bridgehead atoms. The quantitative estimate of drug-likeness (QED) is 0.479. The second-order valence-corrected chi connectivity index (χ2v) is 4.64. The van der Waals surface area contributed by atoms with E-state index in [2.05, 4.69) is 6.26 Å². The molecule has 1 rings (SSSR count). The van der Waals surface area contributed by atoms with Gasteiger partial charge in [-0.15, -0.1) is 0 Å². The monoisotopic (exact) mass is 278 g/mol. The van der Waals surface area contributed by atoms with Crippen molar-refractivity contribution in [1.29, 1.82) is 0 Å². The smallest absolute Gasteiger partial charge is 0.302 e. The van der Waals surface area contributed by atoms with Crippen molar-refractivity contribution < 1.29 is 28.1 Å². The van der Waals surface area contributed by atoms with Crippen molar-refractivity contribution in [3.63, 3.8) is 0 Å². The first kappa shape index (κ1) is 15.0. The Kier molecular flexibility index (Phi) is 8.15. The summed E-state index contributed by atoms with van der Waals surface area (Å²) in [5.41, 5.74) is 1.02. The van der Waals surface area contributed by atoms with Gasteiger partial charge in [-0.25, -0.2) is 0 Å². The van der Waals surface area contributed by atoms with Gasteiger partial charge in [0.05, 0.1) is 0 Å². The molecular weight excluding hydrogens is 267 g/mol. The van der Waals surface area contributed by atoms with E-state index in [0.717, 1.165) is 10.5 Å². The van der Waals surface area contributed by atoms with Gasteiger partial charge in [0.15, 0.2) is 0 Å². The molecule has 0 atom stereocenters. The third kappa shape index (κ3) is 5.57. The van der Waals surface area contributed by atoms with Crippen LogP contribution in [-0.4, -0.2) is 5.97 Å². The average molecular weight is 278 g/mol. The number of carbonyl (C=O) groups excluding carboxylic acids is 1. The number of benzene rings is 1. The fourth-order valence-corrected chi connectivity index (χ4v) is 2.31. The minimum atomic E-state index is -0.257. The van der Waals surface area contributed by atoms with Crippen LogP contribution in [0.5, 0.6) is 0 Å². The van der Waals surface area contributed by atoms with Crippen molar-refractivity contribution in [3.8, 4) is 0 Å². The number of rotatable bonds is 4. The topological polar surface area (TPSA) is 26.3 Å². The summed E-state index contributed by atoms with van der Waals surface area (Å²) in [6, 6.07) is 7.82. The van der Waals surface area contributed by atoms with Crippen LogP contribution in [-0.2, 0) is 34.7 Å². The second-order valence-electron chi connectivity index (χ2n) is 2.59. The number of hydrogen-bond acceptors (Lipinski definition) is 4. The fourth-order valence-electron chi connectivity index (χ4n) is 0.947. The molecule has 0 aliphatic rings. The first-order valence-electron chi connectivity index (χ1n) is 4.04. The van der Waals surface area contributed by atoms with Gasteiger partial charge in [0, 0.05) is 35.9 Å². The van der Waals surface area contributed by atoms with Gasteiger partial charge in [-0.1, -0.05) is 29.0 Å². The predicted octanol–water partition coefficient (Wildman–Crippen LogP) is 3.28. The zero-order valence-electron chi connectivity index (χ0n) is 8.30. The van der Waals surface area contributed by atoms with Crippen LogP contribution in [0.1, 0.15) is 12.5 Å². The summed E-state index contributed by atoms with van der Waals surface area (Å²) in [4.78, 5) is 11.7. The van der Waals surface area contributed by atoms with Crippen molar-refractivity contribution in [2.24, 2.45) is 0 Å². The molecule has 1 aromatic carbocycles. The predicted molar refractivity (Wildman–Crippen MR) is 60.7 cm³/mol. The summed E-state index contributed by atoms with van der Waals surface area (Å²) >= 11 is 0. The minimum Gasteiger partial charge on any atom is -0.461 e. The van der Waals surface area contributed by atoms with Gasteiger partial charge in [-0.3, -0.25) is 21.8 Å². The Bertz CT molecular complexity index is 318. The van der Waals surface area contributed by atoms with E-state index in [4.69, 9.17) is 4.74 Å².